The molecule has 2 nitrogen and oxygen atoms in total. The fourth-order valence-corrected chi connectivity index (χ4v) is 1.66. The number of hydrogen-bond donors (Lipinski definition) is 1. The van der Waals surface area contributed by atoms with Crippen LogP contribution >= 0.6 is 24.0 Å². The maximum absolute atomic E-state index is 10.3. The minimum Gasteiger partial charge on any atom is -0.481 e. The minimum atomic E-state index is -0.844. The number of thiocarbonyl (C=S) groups is 1. The summed E-state index contributed by atoms with van der Waals surface area (Å²) >= 11 is 6.21. The molecule has 0 saturated carbocycles. The van der Waals surface area contributed by atoms with E-state index in [4.69, 9.17) is 17.3 Å². The van der Waals surface area contributed by atoms with Crippen LogP contribution in [0, 0.1) is 0 Å². The van der Waals surface area contributed by atoms with Crippen LogP contribution < -0.4 is 0 Å². The fourth-order valence-electron chi connectivity index (χ4n) is 0.785. The molecule has 5 heteroatoms. The van der Waals surface area contributed by atoms with Crippen molar-refractivity contribution < 1.29 is 9.90 Å². The molecule has 0 aliphatic heterocycles. The van der Waals surface area contributed by atoms with Gasteiger partial charge in [-0.1, -0.05) is 42.5 Å². The molecule has 0 unspecified atom stereocenters. The molecule has 14 heavy (non-hydrogen) atoms. The minimum absolute atomic E-state index is 0. The zero-order chi connectivity index (χ0) is 9.68. The molecule has 0 aliphatic carbocycles. The number of carbonyl (C=O) groups is 1. The van der Waals surface area contributed by atoms with Crippen LogP contribution in [0.5, 0.6) is 0 Å². The van der Waals surface area contributed by atoms with E-state index in [0.29, 0.717) is 4.20 Å². The molecule has 1 rings (SSSR count). The number of carboxylic acid groups (broad SMARTS) is 1. The van der Waals surface area contributed by atoms with Crippen molar-refractivity contribution in [3.05, 3.63) is 35.9 Å². The van der Waals surface area contributed by atoms with Crippen molar-refractivity contribution in [2.24, 2.45) is 0 Å². The van der Waals surface area contributed by atoms with E-state index in [-0.39, 0.29) is 35.3 Å². The Morgan fingerprint density at radius 1 is 1.36 bits per heavy atom. The van der Waals surface area contributed by atoms with Crippen molar-refractivity contribution in [2.45, 2.75) is 0 Å². The summed E-state index contributed by atoms with van der Waals surface area (Å²) in [5.74, 6) is -0.823. The molecule has 0 amide bonds. The predicted molar refractivity (Wildman–Crippen MR) is 64.0 cm³/mol. The van der Waals surface area contributed by atoms with Crippen LogP contribution in [-0.4, -0.2) is 50.6 Å². The largest absolute Gasteiger partial charge is 0.481 e. The number of carboxylic acids is 1. The fraction of sp³-hybridized carbons (Fsp3) is 0.111. The maximum atomic E-state index is 10.3. The molecule has 0 saturated heterocycles. The SMILES string of the molecule is O=C(O)CSC(=S)c1ccccc1.[Na]. The van der Waals surface area contributed by atoms with Gasteiger partial charge in [0, 0.05) is 29.6 Å². The van der Waals surface area contributed by atoms with E-state index in [2.05, 4.69) is 0 Å². The van der Waals surface area contributed by atoms with E-state index >= 15 is 0 Å². The van der Waals surface area contributed by atoms with Crippen LogP contribution in [0.15, 0.2) is 30.3 Å². The molecule has 0 heterocycles. The smallest absolute Gasteiger partial charge is 0.313 e. The van der Waals surface area contributed by atoms with Gasteiger partial charge in [-0.2, -0.15) is 0 Å². The van der Waals surface area contributed by atoms with Crippen LogP contribution in [0.4, 0.5) is 0 Å². The van der Waals surface area contributed by atoms with Gasteiger partial charge < -0.3 is 5.11 Å². The van der Waals surface area contributed by atoms with Crippen molar-refractivity contribution in [1.29, 1.82) is 0 Å². The second kappa shape index (κ2) is 7.43. The summed E-state index contributed by atoms with van der Waals surface area (Å²) in [5.41, 5.74) is 0.906. The van der Waals surface area contributed by atoms with Crippen LogP contribution in [0.1, 0.15) is 5.56 Å². The molecule has 1 aromatic carbocycles. The van der Waals surface area contributed by atoms with Gasteiger partial charge in [0.25, 0.3) is 0 Å². The molecule has 0 fully saturated rings. The molecule has 1 N–H and O–H groups in total. The van der Waals surface area contributed by atoms with Gasteiger partial charge in [0.15, 0.2) is 0 Å². The zero-order valence-corrected chi connectivity index (χ0v) is 11.4. The van der Waals surface area contributed by atoms with Gasteiger partial charge in [0.1, 0.15) is 0 Å². The third-order valence-corrected chi connectivity index (χ3v) is 2.81. The molecule has 1 radical (unpaired) electrons. The summed E-state index contributed by atoms with van der Waals surface area (Å²) in [6.45, 7) is 0. The third kappa shape index (κ3) is 5.12. The summed E-state index contributed by atoms with van der Waals surface area (Å²) in [5, 5.41) is 8.43. The summed E-state index contributed by atoms with van der Waals surface area (Å²) in [6, 6.07) is 9.40. The predicted octanol–water partition coefficient (Wildman–Crippen LogP) is 1.80. The topological polar surface area (TPSA) is 37.3 Å². The van der Waals surface area contributed by atoms with E-state index < -0.39 is 5.97 Å². The van der Waals surface area contributed by atoms with Crippen molar-refractivity contribution in [3.63, 3.8) is 0 Å². The first-order chi connectivity index (χ1) is 6.20. The van der Waals surface area contributed by atoms with Crippen molar-refractivity contribution in [2.75, 3.05) is 5.75 Å². The second-order valence-electron chi connectivity index (χ2n) is 2.34. The van der Waals surface area contributed by atoms with Gasteiger partial charge in [-0.25, -0.2) is 0 Å². The first-order valence-corrected chi connectivity index (χ1v) is 5.03. The third-order valence-electron chi connectivity index (χ3n) is 1.34. The Morgan fingerprint density at radius 2 is 1.93 bits per heavy atom. The van der Waals surface area contributed by atoms with E-state index in [1.54, 1.807) is 0 Å². The second-order valence-corrected chi connectivity index (χ2v) is 3.99. The summed E-state index contributed by atoms with van der Waals surface area (Å²) in [7, 11) is 0. The average Bonchev–Trinajstić information content (AvgIpc) is 2.15. The van der Waals surface area contributed by atoms with Crippen molar-refractivity contribution in [3.8, 4) is 0 Å². The average molecular weight is 235 g/mol. The Bertz CT molecular complexity index is 314. The number of rotatable bonds is 3. The molecule has 0 spiro atoms. The summed E-state index contributed by atoms with van der Waals surface area (Å²) in [6.07, 6.45) is 0. The molecular formula is C9H8NaO2S2. The quantitative estimate of drug-likeness (QED) is 0.640. The van der Waals surface area contributed by atoms with Crippen LogP contribution in [0.25, 0.3) is 0 Å². The molecule has 0 aromatic heterocycles. The Labute approximate surface area is 114 Å². The van der Waals surface area contributed by atoms with E-state index in [1.165, 1.54) is 11.8 Å². The van der Waals surface area contributed by atoms with Crippen LogP contribution in [0.2, 0.25) is 0 Å². The number of thioether (sulfide) groups is 1. The van der Waals surface area contributed by atoms with E-state index in [9.17, 15) is 4.79 Å². The van der Waals surface area contributed by atoms with E-state index in [0.717, 1.165) is 5.56 Å². The van der Waals surface area contributed by atoms with Crippen LogP contribution in [-0.2, 0) is 4.79 Å². The summed E-state index contributed by atoms with van der Waals surface area (Å²) < 4.78 is 0.628. The van der Waals surface area contributed by atoms with Crippen LogP contribution in [0.3, 0.4) is 0 Å². The van der Waals surface area contributed by atoms with Crippen molar-refractivity contribution in [1.82, 2.24) is 0 Å². The Morgan fingerprint density at radius 3 is 2.43 bits per heavy atom. The molecule has 0 atom stereocenters. The Kier molecular flexibility index (Phi) is 7.49. The molecular weight excluding hydrogens is 227 g/mol. The van der Waals surface area contributed by atoms with Crippen molar-refractivity contribution >= 4 is 63.7 Å². The molecule has 1 aromatic rings. The zero-order valence-electron chi connectivity index (χ0n) is 7.77. The first-order valence-electron chi connectivity index (χ1n) is 3.64. The number of aliphatic carboxylic acids is 1. The molecule has 69 valence electrons. The maximum Gasteiger partial charge on any atom is 0.313 e. The van der Waals surface area contributed by atoms with Gasteiger partial charge in [-0.15, -0.1) is 11.8 Å². The monoisotopic (exact) mass is 235 g/mol. The van der Waals surface area contributed by atoms with Gasteiger partial charge >= 0.3 is 5.97 Å². The number of hydrogen-bond acceptors (Lipinski definition) is 3. The summed E-state index contributed by atoms with van der Waals surface area (Å²) in [4.78, 5) is 10.3. The molecule has 0 bridgehead atoms. The Balaban J connectivity index is 0.00000169. The van der Waals surface area contributed by atoms with E-state index in [1.807, 2.05) is 30.3 Å². The Hall–Kier alpha value is 0.130. The van der Waals surface area contributed by atoms with Gasteiger partial charge in [-0.3, -0.25) is 4.79 Å². The number of benzene rings is 1. The normalized spacial score (nSPS) is 8.86. The molecule has 0 aliphatic rings. The van der Waals surface area contributed by atoms with Gasteiger partial charge in [0.2, 0.25) is 0 Å². The standard InChI is InChI=1S/C9H8O2S2.Na/c10-8(11)6-13-9(12)7-4-2-1-3-5-7;/h1-5H,6H2,(H,10,11);. The van der Waals surface area contributed by atoms with Gasteiger partial charge in [0.05, 0.1) is 9.95 Å². The van der Waals surface area contributed by atoms with Gasteiger partial charge in [-0.05, 0) is 5.56 Å². The first kappa shape index (κ1) is 14.1.